The van der Waals surface area contributed by atoms with Gasteiger partial charge in [0.05, 0.1) is 0 Å². The van der Waals surface area contributed by atoms with Gasteiger partial charge in [-0.1, -0.05) is 6.07 Å². The summed E-state index contributed by atoms with van der Waals surface area (Å²) in [6.07, 6.45) is 0. The predicted molar refractivity (Wildman–Crippen MR) is 87.6 cm³/mol. The molecule has 0 saturated carbocycles. The van der Waals surface area contributed by atoms with Gasteiger partial charge in [-0.25, -0.2) is 0 Å². The summed E-state index contributed by atoms with van der Waals surface area (Å²) in [5.74, 6) is 1.76. The van der Waals surface area contributed by atoms with E-state index >= 15 is 0 Å². The molecular formula is C13H16IN5O. The van der Waals surface area contributed by atoms with Crippen LogP contribution >= 0.6 is 22.6 Å². The Labute approximate surface area is 131 Å². The standard InChI is InChI=1S/C13H16IN5O/c1-4-15-11-16-12(19(2)3)18-13(17-11)20-10-7-5-6-9(14)8-10/h5-8H,4H2,1-3H3,(H,15,16,17,18). The van der Waals surface area contributed by atoms with E-state index in [-0.39, 0.29) is 6.01 Å². The van der Waals surface area contributed by atoms with Crippen molar-refractivity contribution in [3.8, 4) is 11.8 Å². The maximum absolute atomic E-state index is 5.70. The van der Waals surface area contributed by atoms with Gasteiger partial charge in [0, 0.05) is 24.2 Å². The smallest absolute Gasteiger partial charge is 0.328 e. The fourth-order valence-corrected chi connectivity index (χ4v) is 1.98. The van der Waals surface area contributed by atoms with Crippen molar-refractivity contribution in [2.45, 2.75) is 6.92 Å². The molecule has 106 valence electrons. The van der Waals surface area contributed by atoms with Gasteiger partial charge >= 0.3 is 6.01 Å². The maximum atomic E-state index is 5.70. The van der Waals surface area contributed by atoms with Crippen molar-refractivity contribution in [2.75, 3.05) is 30.9 Å². The first-order valence-corrected chi connectivity index (χ1v) is 7.27. The lowest BCUT2D eigenvalue weighted by Crippen LogP contribution is -2.15. The zero-order chi connectivity index (χ0) is 14.5. The van der Waals surface area contributed by atoms with Crippen LogP contribution in [0.15, 0.2) is 24.3 Å². The van der Waals surface area contributed by atoms with E-state index in [2.05, 4.69) is 42.9 Å². The van der Waals surface area contributed by atoms with E-state index in [1.165, 1.54) is 0 Å². The van der Waals surface area contributed by atoms with Crippen molar-refractivity contribution in [2.24, 2.45) is 0 Å². The number of hydrogen-bond acceptors (Lipinski definition) is 6. The van der Waals surface area contributed by atoms with Crippen LogP contribution in [0.25, 0.3) is 0 Å². The van der Waals surface area contributed by atoms with Crippen LogP contribution in [0.5, 0.6) is 11.8 Å². The molecule has 6 nitrogen and oxygen atoms in total. The quantitative estimate of drug-likeness (QED) is 0.799. The van der Waals surface area contributed by atoms with Gasteiger partial charge in [0.15, 0.2) is 0 Å². The molecular weight excluding hydrogens is 369 g/mol. The molecule has 1 aromatic heterocycles. The molecule has 0 atom stereocenters. The van der Waals surface area contributed by atoms with Gasteiger partial charge in [0.25, 0.3) is 0 Å². The first-order chi connectivity index (χ1) is 9.58. The number of rotatable bonds is 5. The monoisotopic (exact) mass is 385 g/mol. The molecule has 0 aliphatic heterocycles. The molecule has 20 heavy (non-hydrogen) atoms. The third-order valence-corrected chi connectivity index (χ3v) is 3.01. The van der Waals surface area contributed by atoms with Crippen molar-refractivity contribution in [3.05, 3.63) is 27.8 Å². The van der Waals surface area contributed by atoms with Crippen molar-refractivity contribution >= 4 is 34.5 Å². The molecule has 2 rings (SSSR count). The molecule has 0 amide bonds. The van der Waals surface area contributed by atoms with E-state index in [9.17, 15) is 0 Å². The number of nitrogens with one attached hydrogen (secondary N) is 1. The summed E-state index contributed by atoms with van der Waals surface area (Å²) < 4.78 is 6.79. The number of halogens is 1. The Morgan fingerprint density at radius 1 is 1.25 bits per heavy atom. The van der Waals surface area contributed by atoms with Gasteiger partial charge in [0.2, 0.25) is 11.9 Å². The molecule has 1 heterocycles. The topological polar surface area (TPSA) is 63.2 Å². The minimum absolute atomic E-state index is 0.279. The zero-order valence-electron chi connectivity index (χ0n) is 11.6. The van der Waals surface area contributed by atoms with Gasteiger partial charge < -0.3 is 15.0 Å². The third-order valence-electron chi connectivity index (χ3n) is 2.34. The van der Waals surface area contributed by atoms with E-state index in [1.807, 2.05) is 50.2 Å². The van der Waals surface area contributed by atoms with Gasteiger partial charge in [-0.15, -0.1) is 0 Å². The number of aromatic nitrogens is 3. The second-order valence-corrected chi connectivity index (χ2v) is 5.47. The summed E-state index contributed by atoms with van der Waals surface area (Å²) in [7, 11) is 3.75. The first-order valence-electron chi connectivity index (χ1n) is 6.19. The molecule has 0 aliphatic carbocycles. The van der Waals surface area contributed by atoms with Crippen molar-refractivity contribution in [3.63, 3.8) is 0 Å². The minimum atomic E-state index is 0.279. The summed E-state index contributed by atoms with van der Waals surface area (Å²) in [6.45, 7) is 2.72. The molecule has 0 fully saturated rings. The van der Waals surface area contributed by atoms with Crippen molar-refractivity contribution in [1.29, 1.82) is 0 Å². The van der Waals surface area contributed by atoms with Crippen LogP contribution in [0.4, 0.5) is 11.9 Å². The average Bonchev–Trinajstić information content (AvgIpc) is 2.38. The lowest BCUT2D eigenvalue weighted by atomic mass is 10.3. The van der Waals surface area contributed by atoms with Crippen LogP contribution in [0.1, 0.15) is 6.92 Å². The Kier molecular flexibility index (Phi) is 4.94. The lowest BCUT2D eigenvalue weighted by molar-refractivity contribution is 0.440. The fourth-order valence-electron chi connectivity index (χ4n) is 1.46. The Morgan fingerprint density at radius 3 is 2.70 bits per heavy atom. The van der Waals surface area contributed by atoms with Crippen molar-refractivity contribution < 1.29 is 4.74 Å². The number of benzene rings is 1. The van der Waals surface area contributed by atoms with Crippen LogP contribution in [0, 0.1) is 3.57 Å². The summed E-state index contributed by atoms with van der Waals surface area (Å²) >= 11 is 2.23. The number of ether oxygens (including phenoxy) is 1. The second kappa shape index (κ2) is 6.69. The van der Waals surface area contributed by atoms with E-state index in [0.29, 0.717) is 17.6 Å². The molecule has 1 aromatic carbocycles. The molecule has 2 aromatic rings. The van der Waals surface area contributed by atoms with Gasteiger partial charge in [-0.2, -0.15) is 15.0 Å². The summed E-state index contributed by atoms with van der Waals surface area (Å²) in [5, 5.41) is 3.07. The Morgan fingerprint density at radius 2 is 2.05 bits per heavy atom. The highest BCUT2D eigenvalue weighted by atomic mass is 127. The van der Waals surface area contributed by atoms with E-state index in [1.54, 1.807) is 0 Å². The fraction of sp³-hybridized carbons (Fsp3) is 0.308. The van der Waals surface area contributed by atoms with E-state index in [4.69, 9.17) is 4.74 Å². The minimum Gasteiger partial charge on any atom is -0.424 e. The van der Waals surface area contributed by atoms with Crippen LogP contribution in [0.3, 0.4) is 0 Å². The van der Waals surface area contributed by atoms with Crippen LogP contribution < -0.4 is 15.0 Å². The van der Waals surface area contributed by atoms with Crippen LogP contribution in [0.2, 0.25) is 0 Å². The molecule has 0 unspecified atom stereocenters. The summed E-state index contributed by atoms with van der Waals surface area (Å²) in [5.41, 5.74) is 0. The molecule has 0 spiro atoms. The van der Waals surface area contributed by atoms with Gasteiger partial charge in [-0.3, -0.25) is 0 Å². The molecule has 0 radical (unpaired) electrons. The highest BCUT2D eigenvalue weighted by Gasteiger charge is 2.09. The predicted octanol–water partition coefficient (Wildman–Crippen LogP) is 2.77. The zero-order valence-corrected chi connectivity index (χ0v) is 13.7. The largest absolute Gasteiger partial charge is 0.424 e. The molecule has 1 N–H and O–H groups in total. The highest BCUT2D eigenvalue weighted by Crippen LogP contribution is 2.22. The molecule has 0 aliphatic rings. The van der Waals surface area contributed by atoms with E-state index < -0.39 is 0 Å². The SMILES string of the molecule is CCNc1nc(Oc2cccc(I)c2)nc(N(C)C)n1. The van der Waals surface area contributed by atoms with Gasteiger partial charge in [0.1, 0.15) is 5.75 Å². The molecule has 7 heteroatoms. The molecule has 0 bridgehead atoms. The maximum Gasteiger partial charge on any atom is 0.328 e. The van der Waals surface area contributed by atoms with E-state index in [0.717, 1.165) is 10.1 Å². The number of nitrogens with zero attached hydrogens (tertiary/aromatic N) is 4. The van der Waals surface area contributed by atoms with Gasteiger partial charge in [-0.05, 0) is 47.7 Å². The Hall–Kier alpha value is -1.64. The number of hydrogen-bond donors (Lipinski definition) is 1. The summed E-state index contributed by atoms with van der Waals surface area (Å²) in [6, 6.07) is 7.99. The first kappa shape index (κ1) is 14.8. The normalized spacial score (nSPS) is 10.2. The Bertz CT molecular complexity index is 591. The molecule has 0 saturated heterocycles. The lowest BCUT2D eigenvalue weighted by Gasteiger charge is -2.13. The van der Waals surface area contributed by atoms with Crippen molar-refractivity contribution in [1.82, 2.24) is 15.0 Å². The van der Waals surface area contributed by atoms with Crippen LogP contribution in [-0.4, -0.2) is 35.6 Å². The van der Waals surface area contributed by atoms with Crippen LogP contribution in [-0.2, 0) is 0 Å². The average molecular weight is 385 g/mol. The highest BCUT2D eigenvalue weighted by molar-refractivity contribution is 14.1. The second-order valence-electron chi connectivity index (χ2n) is 4.23. The summed E-state index contributed by atoms with van der Waals surface area (Å²) in [4.78, 5) is 14.6. The third kappa shape index (κ3) is 3.92. The number of anilines is 2. The Balaban J connectivity index is 2.30.